The third-order valence-electron chi connectivity index (χ3n) is 5.57. The minimum absolute atomic E-state index is 0.0921. The van der Waals surface area contributed by atoms with E-state index in [9.17, 15) is 14.4 Å². The predicted molar refractivity (Wildman–Crippen MR) is 109 cm³/mol. The van der Waals surface area contributed by atoms with Crippen LogP contribution in [0.1, 0.15) is 24.5 Å². The maximum atomic E-state index is 12.8. The molecular formula is C22H24N4O3. The molecule has 1 unspecified atom stereocenters. The van der Waals surface area contributed by atoms with E-state index in [1.54, 1.807) is 6.92 Å². The third kappa shape index (κ3) is 3.81. The summed E-state index contributed by atoms with van der Waals surface area (Å²) >= 11 is 0. The lowest BCUT2D eigenvalue weighted by molar-refractivity contribution is -0.138. The largest absolute Gasteiger partial charge is 0.362 e. The van der Waals surface area contributed by atoms with Gasteiger partial charge in [-0.2, -0.15) is 5.01 Å². The summed E-state index contributed by atoms with van der Waals surface area (Å²) in [6.07, 6.45) is 1.98. The van der Waals surface area contributed by atoms with Crippen LogP contribution in [0.3, 0.4) is 0 Å². The Balaban J connectivity index is 1.37. The van der Waals surface area contributed by atoms with Crippen molar-refractivity contribution in [3.8, 4) is 0 Å². The first-order valence-electron chi connectivity index (χ1n) is 9.79. The molecule has 0 spiro atoms. The van der Waals surface area contributed by atoms with Gasteiger partial charge in [0.05, 0.1) is 6.54 Å². The van der Waals surface area contributed by atoms with Gasteiger partial charge in [-0.1, -0.05) is 48.5 Å². The van der Waals surface area contributed by atoms with Crippen LogP contribution >= 0.6 is 0 Å². The second kappa shape index (κ2) is 7.58. The number of hydrazine groups is 1. The number of fused-ring (bicyclic) bond motifs is 1. The molecule has 4 rings (SSSR count). The number of imide groups is 1. The number of urea groups is 1. The SMILES string of the molecule is CC1(CCc2ccccc2)NC(=O)N(NC(=O)CN2CCc3ccccc32)C1=O. The minimum atomic E-state index is -1.04. The Hall–Kier alpha value is -3.35. The Morgan fingerprint density at radius 1 is 1.10 bits per heavy atom. The molecule has 2 heterocycles. The zero-order valence-corrected chi connectivity index (χ0v) is 16.4. The molecule has 4 amide bonds. The molecule has 29 heavy (non-hydrogen) atoms. The average molecular weight is 392 g/mol. The number of nitrogens with one attached hydrogen (secondary N) is 2. The van der Waals surface area contributed by atoms with Crippen molar-refractivity contribution in [2.24, 2.45) is 0 Å². The number of hydrogen-bond donors (Lipinski definition) is 2. The first-order valence-corrected chi connectivity index (χ1v) is 9.79. The number of hydrogen-bond acceptors (Lipinski definition) is 4. The summed E-state index contributed by atoms with van der Waals surface area (Å²) in [4.78, 5) is 39.7. The average Bonchev–Trinajstić information content (AvgIpc) is 3.22. The summed E-state index contributed by atoms with van der Waals surface area (Å²) in [5.74, 6) is -0.828. The lowest BCUT2D eigenvalue weighted by Gasteiger charge is -2.23. The number of nitrogens with zero attached hydrogens (tertiary/aromatic N) is 2. The summed E-state index contributed by atoms with van der Waals surface area (Å²) in [6, 6.07) is 17.1. The fourth-order valence-corrected chi connectivity index (χ4v) is 3.90. The first kappa shape index (κ1) is 19.0. The highest BCUT2D eigenvalue weighted by molar-refractivity contribution is 6.07. The number of rotatable bonds is 6. The molecule has 7 heteroatoms. The molecule has 2 N–H and O–H groups in total. The van der Waals surface area contributed by atoms with E-state index >= 15 is 0 Å². The van der Waals surface area contributed by atoms with Gasteiger partial charge < -0.3 is 10.2 Å². The van der Waals surface area contributed by atoms with Crippen molar-refractivity contribution in [2.75, 3.05) is 18.0 Å². The molecule has 1 fully saturated rings. The maximum absolute atomic E-state index is 12.8. The minimum Gasteiger partial charge on any atom is -0.362 e. The number of benzene rings is 2. The highest BCUT2D eigenvalue weighted by Gasteiger charge is 2.48. The zero-order valence-electron chi connectivity index (χ0n) is 16.4. The molecular weight excluding hydrogens is 368 g/mol. The summed E-state index contributed by atoms with van der Waals surface area (Å²) in [5, 5.41) is 3.54. The summed E-state index contributed by atoms with van der Waals surface area (Å²) in [7, 11) is 0. The van der Waals surface area contributed by atoms with Crippen LogP contribution in [0.2, 0.25) is 0 Å². The monoisotopic (exact) mass is 392 g/mol. The van der Waals surface area contributed by atoms with Gasteiger partial charge in [-0.15, -0.1) is 0 Å². The lowest BCUT2D eigenvalue weighted by atomic mass is 9.93. The Labute approximate surface area is 169 Å². The van der Waals surface area contributed by atoms with Gasteiger partial charge >= 0.3 is 6.03 Å². The number of anilines is 1. The van der Waals surface area contributed by atoms with Crippen molar-refractivity contribution < 1.29 is 14.4 Å². The van der Waals surface area contributed by atoms with Crippen LogP contribution in [0.15, 0.2) is 54.6 Å². The second-order valence-electron chi connectivity index (χ2n) is 7.72. The van der Waals surface area contributed by atoms with Gasteiger partial charge in [-0.25, -0.2) is 4.79 Å². The fraction of sp³-hybridized carbons (Fsp3) is 0.318. The van der Waals surface area contributed by atoms with Gasteiger partial charge in [0, 0.05) is 12.2 Å². The number of carbonyl (C=O) groups is 3. The van der Waals surface area contributed by atoms with Crippen LogP contribution in [0.5, 0.6) is 0 Å². The second-order valence-corrected chi connectivity index (χ2v) is 7.72. The molecule has 2 aliphatic heterocycles. The van der Waals surface area contributed by atoms with Crippen molar-refractivity contribution in [1.82, 2.24) is 15.8 Å². The number of carbonyl (C=O) groups excluding carboxylic acids is 3. The summed E-state index contributed by atoms with van der Waals surface area (Å²) in [5.41, 5.74) is 4.75. The van der Waals surface area contributed by atoms with E-state index in [2.05, 4.69) is 10.7 Å². The summed E-state index contributed by atoms with van der Waals surface area (Å²) in [6.45, 7) is 2.52. The molecule has 0 aliphatic carbocycles. The molecule has 0 aromatic heterocycles. The van der Waals surface area contributed by atoms with Crippen molar-refractivity contribution in [2.45, 2.75) is 31.7 Å². The molecule has 2 aliphatic rings. The number of para-hydroxylation sites is 1. The molecule has 0 radical (unpaired) electrons. The van der Waals surface area contributed by atoms with Crippen LogP contribution in [0.4, 0.5) is 10.5 Å². The van der Waals surface area contributed by atoms with Crippen LogP contribution in [0, 0.1) is 0 Å². The van der Waals surface area contributed by atoms with Crippen LogP contribution in [-0.4, -0.2) is 41.5 Å². The van der Waals surface area contributed by atoms with E-state index in [1.807, 2.05) is 59.5 Å². The van der Waals surface area contributed by atoms with E-state index in [4.69, 9.17) is 0 Å². The van der Waals surface area contributed by atoms with Crippen molar-refractivity contribution in [3.63, 3.8) is 0 Å². The molecule has 2 aromatic carbocycles. The van der Waals surface area contributed by atoms with Crippen molar-refractivity contribution in [1.29, 1.82) is 0 Å². The van der Waals surface area contributed by atoms with Gasteiger partial charge in [-0.3, -0.25) is 15.0 Å². The van der Waals surface area contributed by atoms with Gasteiger partial charge in [0.2, 0.25) is 0 Å². The van der Waals surface area contributed by atoms with Crippen LogP contribution in [0.25, 0.3) is 0 Å². The molecule has 2 aromatic rings. The van der Waals surface area contributed by atoms with E-state index in [0.29, 0.717) is 12.8 Å². The first-order chi connectivity index (χ1) is 14.0. The highest BCUT2D eigenvalue weighted by atomic mass is 16.2. The number of aryl methyl sites for hydroxylation is 1. The van der Waals surface area contributed by atoms with Crippen LogP contribution in [-0.2, 0) is 22.4 Å². The van der Waals surface area contributed by atoms with E-state index < -0.39 is 23.4 Å². The maximum Gasteiger partial charge on any atom is 0.344 e. The summed E-state index contributed by atoms with van der Waals surface area (Å²) < 4.78 is 0. The molecule has 1 saturated heterocycles. The van der Waals surface area contributed by atoms with Gasteiger partial charge in [0.15, 0.2) is 0 Å². The molecule has 7 nitrogen and oxygen atoms in total. The fourth-order valence-electron chi connectivity index (χ4n) is 3.90. The van der Waals surface area contributed by atoms with E-state index in [1.165, 1.54) is 5.56 Å². The highest BCUT2D eigenvalue weighted by Crippen LogP contribution is 2.27. The van der Waals surface area contributed by atoms with Gasteiger partial charge in [0.1, 0.15) is 5.54 Å². The predicted octanol–water partition coefficient (Wildman–Crippen LogP) is 2.02. The molecule has 1 atom stereocenters. The lowest BCUT2D eigenvalue weighted by Crippen LogP contribution is -2.51. The molecule has 0 saturated carbocycles. The Morgan fingerprint density at radius 2 is 1.83 bits per heavy atom. The quantitative estimate of drug-likeness (QED) is 0.737. The van der Waals surface area contributed by atoms with E-state index in [0.717, 1.165) is 29.2 Å². The topological polar surface area (TPSA) is 81.8 Å². The van der Waals surface area contributed by atoms with Crippen LogP contribution < -0.4 is 15.6 Å². The smallest absolute Gasteiger partial charge is 0.344 e. The zero-order chi connectivity index (χ0) is 20.4. The standard InChI is InChI=1S/C22H24N4O3/c1-22(13-11-16-7-3-2-4-8-16)20(28)26(21(29)23-22)24-19(27)15-25-14-12-17-9-5-6-10-18(17)25/h2-10H,11-15H2,1H3,(H,23,29)(H,24,27). The van der Waals surface area contributed by atoms with Crippen molar-refractivity contribution in [3.05, 3.63) is 65.7 Å². The molecule has 150 valence electrons. The van der Waals surface area contributed by atoms with E-state index in [-0.39, 0.29) is 6.54 Å². The Kier molecular flexibility index (Phi) is 4.96. The van der Waals surface area contributed by atoms with Gasteiger partial charge in [0.25, 0.3) is 11.8 Å². The normalized spacial score (nSPS) is 20.6. The van der Waals surface area contributed by atoms with Gasteiger partial charge in [-0.05, 0) is 43.4 Å². The Morgan fingerprint density at radius 3 is 2.62 bits per heavy atom. The van der Waals surface area contributed by atoms with Crippen molar-refractivity contribution >= 4 is 23.5 Å². The molecule has 0 bridgehead atoms. The number of amides is 4. The Bertz CT molecular complexity index is 946. The third-order valence-corrected chi connectivity index (χ3v) is 5.57.